The van der Waals surface area contributed by atoms with Crippen LogP contribution < -0.4 is 4.74 Å². The van der Waals surface area contributed by atoms with Gasteiger partial charge in [-0.15, -0.1) is 4.80 Å². The van der Waals surface area contributed by atoms with Gasteiger partial charge in [-0.3, -0.25) is 0 Å². The van der Waals surface area contributed by atoms with Crippen LogP contribution in [0, 0.1) is 0 Å². The summed E-state index contributed by atoms with van der Waals surface area (Å²) >= 11 is 0. The third-order valence-electron chi connectivity index (χ3n) is 2.49. The molecule has 1 heterocycles. The Morgan fingerprint density at radius 2 is 1.88 bits per heavy atom. The average Bonchev–Trinajstić information content (AvgIpc) is 2.81. The number of rotatable bonds is 3. The summed E-state index contributed by atoms with van der Waals surface area (Å²) in [6.07, 6.45) is 3.31. The number of aromatic nitrogens is 3. The number of benzene rings is 1. The molecule has 0 aliphatic rings. The minimum absolute atomic E-state index is 0.408. The van der Waals surface area contributed by atoms with Crippen LogP contribution >= 0.6 is 0 Å². The van der Waals surface area contributed by atoms with Gasteiger partial charge in [-0.2, -0.15) is 10.2 Å². The number of para-hydroxylation sites is 1. The monoisotopic (exact) mass is 217 g/mol. The molecule has 0 radical (unpaired) electrons. The standard InChI is InChI=1S/C12H15N3O/c1-9(2)10-5-4-6-11(12(10)16-3)15-13-7-8-14-15/h4-9H,1-3H3. The van der Waals surface area contributed by atoms with E-state index in [1.165, 1.54) is 0 Å². The topological polar surface area (TPSA) is 39.9 Å². The fourth-order valence-corrected chi connectivity index (χ4v) is 1.72. The molecule has 0 bridgehead atoms. The summed E-state index contributed by atoms with van der Waals surface area (Å²) in [4.78, 5) is 1.57. The molecule has 16 heavy (non-hydrogen) atoms. The molecule has 2 aromatic rings. The van der Waals surface area contributed by atoms with E-state index >= 15 is 0 Å². The number of hydrogen-bond acceptors (Lipinski definition) is 3. The molecule has 2 rings (SSSR count). The molecule has 84 valence electrons. The normalized spacial score (nSPS) is 10.8. The maximum absolute atomic E-state index is 5.46. The van der Waals surface area contributed by atoms with Crippen molar-refractivity contribution < 1.29 is 4.74 Å². The van der Waals surface area contributed by atoms with Crippen molar-refractivity contribution in [3.63, 3.8) is 0 Å². The van der Waals surface area contributed by atoms with Gasteiger partial charge in [0.15, 0.2) is 0 Å². The van der Waals surface area contributed by atoms with E-state index in [1.807, 2.05) is 12.1 Å². The molecule has 0 aliphatic carbocycles. The van der Waals surface area contributed by atoms with Gasteiger partial charge < -0.3 is 4.74 Å². The zero-order chi connectivity index (χ0) is 11.5. The molecule has 0 aliphatic heterocycles. The largest absolute Gasteiger partial charge is 0.494 e. The smallest absolute Gasteiger partial charge is 0.149 e. The van der Waals surface area contributed by atoms with Crippen LogP contribution in [-0.4, -0.2) is 22.1 Å². The van der Waals surface area contributed by atoms with Gasteiger partial charge >= 0.3 is 0 Å². The van der Waals surface area contributed by atoms with Crippen LogP contribution in [-0.2, 0) is 0 Å². The first-order valence-electron chi connectivity index (χ1n) is 5.27. The van der Waals surface area contributed by atoms with Gasteiger partial charge in [0, 0.05) is 0 Å². The minimum Gasteiger partial charge on any atom is -0.494 e. The third kappa shape index (κ3) is 1.78. The van der Waals surface area contributed by atoms with Gasteiger partial charge in [-0.1, -0.05) is 26.0 Å². The Morgan fingerprint density at radius 3 is 2.44 bits per heavy atom. The summed E-state index contributed by atoms with van der Waals surface area (Å²) in [5, 5.41) is 8.24. The second-order valence-electron chi connectivity index (χ2n) is 3.87. The molecule has 0 saturated carbocycles. The Balaban J connectivity index is 2.58. The summed E-state index contributed by atoms with van der Waals surface area (Å²) in [7, 11) is 1.67. The first-order valence-corrected chi connectivity index (χ1v) is 5.27. The predicted molar refractivity (Wildman–Crippen MR) is 62.0 cm³/mol. The number of nitrogens with zero attached hydrogens (tertiary/aromatic N) is 3. The molecule has 0 unspecified atom stereocenters. The second kappa shape index (κ2) is 4.35. The Bertz CT molecular complexity index is 463. The van der Waals surface area contributed by atoms with Crippen LogP contribution in [0.2, 0.25) is 0 Å². The van der Waals surface area contributed by atoms with Crippen molar-refractivity contribution in [2.45, 2.75) is 19.8 Å². The van der Waals surface area contributed by atoms with Crippen LogP contribution in [0.1, 0.15) is 25.3 Å². The van der Waals surface area contributed by atoms with E-state index in [-0.39, 0.29) is 0 Å². The molecule has 1 aromatic heterocycles. The number of hydrogen-bond donors (Lipinski definition) is 0. The highest BCUT2D eigenvalue weighted by atomic mass is 16.5. The molecule has 0 atom stereocenters. The van der Waals surface area contributed by atoms with E-state index in [0.717, 1.165) is 17.0 Å². The summed E-state index contributed by atoms with van der Waals surface area (Å²) in [6.45, 7) is 4.27. The fourth-order valence-electron chi connectivity index (χ4n) is 1.72. The van der Waals surface area contributed by atoms with Crippen molar-refractivity contribution in [3.8, 4) is 11.4 Å². The summed E-state index contributed by atoms with van der Waals surface area (Å²) < 4.78 is 5.46. The lowest BCUT2D eigenvalue weighted by Gasteiger charge is -2.14. The molecule has 0 saturated heterocycles. The highest BCUT2D eigenvalue weighted by Gasteiger charge is 2.13. The minimum atomic E-state index is 0.408. The third-order valence-corrected chi connectivity index (χ3v) is 2.49. The van der Waals surface area contributed by atoms with Gasteiger partial charge in [-0.05, 0) is 17.5 Å². The summed E-state index contributed by atoms with van der Waals surface area (Å²) in [5.41, 5.74) is 2.04. The highest BCUT2D eigenvalue weighted by Crippen LogP contribution is 2.31. The summed E-state index contributed by atoms with van der Waals surface area (Å²) in [5.74, 6) is 1.25. The van der Waals surface area contributed by atoms with Gasteiger partial charge in [0.05, 0.1) is 19.5 Å². The zero-order valence-electron chi connectivity index (χ0n) is 9.71. The molecule has 4 nitrogen and oxygen atoms in total. The molecule has 4 heteroatoms. The quantitative estimate of drug-likeness (QED) is 0.792. The Kier molecular flexibility index (Phi) is 2.90. The van der Waals surface area contributed by atoms with Crippen molar-refractivity contribution in [1.82, 2.24) is 15.0 Å². The van der Waals surface area contributed by atoms with Crippen LogP contribution in [0.15, 0.2) is 30.6 Å². The van der Waals surface area contributed by atoms with Crippen LogP contribution in [0.3, 0.4) is 0 Å². The maximum atomic E-state index is 5.46. The fraction of sp³-hybridized carbons (Fsp3) is 0.333. The van der Waals surface area contributed by atoms with Gasteiger partial charge in [0.2, 0.25) is 0 Å². The molecule has 0 fully saturated rings. The van der Waals surface area contributed by atoms with Gasteiger partial charge in [0.1, 0.15) is 11.4 Å². The Morgan fingerprint density at radius 1 is 1.19 bits per heavy atom. The van der Waals surface area contributed by atoms with E-state index in [0.29, 0.717) is 5.92 Å². The zero-order valence-corrected chi connectivity index (χ0v) is 9.71. The maximum Gasteiger partial charge on any atom is 0.149 e. The van der Waals surface area contributed by atoms with E-state index < -0.39 is 0 Å². The SMILES string of the molecule is COc1c(C(C)C)cccc1-n1nccn1. The number of ether oxygens (including phenoxy) is 1. The van der Waals surface area contributed by atoms with Crippen LogP contribution in [0.4, 0.5) is 0 Å². The summed E-state index contributed by atoms with van der Waals surface area (Å²) in [6, 6.07) is 6.01. The first-order chi connectivity index (χ1) is 7.74. The molecule has 0 amide bonds. The molecule has 0 spiro atoms. The van der Waals surface area contributed by atoms with Crippen LogP contribution in [0.25, 0.3) is 5.69 Å². The van der Waals surface area contributed by atoms with Crippen molar-refractivity contribution in [3.05, 3.63) is 36.2 Å². The molecule has 0 N–H and O–H groups in total. The van der Waals surface area contributed by atoms with Crippen molar-refractivity contribution >= 4 is 0 Å². The molecular formula is C12H15N3O. The Labute approximate surface area is 94.9 Å². The van der Waals surface area contributed by atoms with E-state index in [2.05, 4.69) is 30.1 Å². The van der Waals surface area contributed by atoms with E-state index in [9.17, 15) is 0 Å². The lowest BCUT2D eigenvalue weighted by Crippen LogP contribution is -2.04. The van der Waals surface area contributed by atoms with Crippen molar-refractivity contribution in [2.75, 3.05) is 7.11 Å². The lowest BCUT2D eigenvalue weighted by molar-refractivity contribution is 0.403. The average molecular weight is 217 g/mol. The second-order valence-corrected chi connectivity index (χ2v) is 3.87. The highest BCUT2D eigenvalue weighted by molar-refractivity contribution is 5.51. The first kappa shape index (κ1) is 10.7. The van der Waals surface area contributed by atoms with Gasteiger partial charge in [0.25, 0.3) is 0 Å². The van der Waals surface area contributed by atoms with Crippen molar-refractivity contribution in [1.29, 1.82) is 0 Å². The Hall–Kier alpha value is -1.84. The van der Waals surface area contributed by atoms with E-state index in [4.69, 9.17) is 4.74 Å². The van der Waals surface area contributed by atoms with Crippen LogP contribution in [0.5, 0.6) is 5.75 Å². The predicted octanol–water partition coefficient (Wildman–Crippen LogP) is 2.40. The van der Waals surface area contributed by atoms with E-state index in [1.54, 1.807) is 24.3 Å². The van der Waals surface area contributed by atoms with Gasteiger partial charge in [-0.25, -0.2) is 0 Å². The number of methoxy groups -OCH3 is 1. The molecule has 1 aromatic carbocycles. The molecular weight excluding hydrogens is 202 g/mol. The van der Waals surface area contributed by atoms with Crippen molar-refractivity contribution in [2.24, 2.45) is 0 Å². The lowest BCUT2D eigenvalue weighted by atomic mass is 10.0.